The molecule has 80 heavy (non-hydrogen) atoms. The van der Waals surface area contributed by atoms with Crippen LogP contribution in [0.1, 0.15) is 80.1 Å². The van der Waals surface area contributed by atoms with E-state index in [1.54, 1.807) is 82.3 Å². The number of aromatic nitrogens is 4. The van der Waals surface area contributed by atoms with Gasteiger partial charge in [-0.2, -0.15) is 9.13 Å². The number of para-hydroxylation sites is 2. The molecular formula is C74H63N4OSi+. The predicted molar refractivity (Wildman–Crippen MR) is 335 cm³/mol. The average Bonchev–Trinajstić information content (AvgIpc) is 0.751. The van der Waals surface area contributed by atoms with Gasteiger partial charge in [-0.1, -0.05) is 229 Å². The summed E-state index contributed by atoms with van der Waals surface area (Å²) in [5.41, 5.74) is 4.74. The van der Waals surface area contributed by atoms with Crippen molar-refractivity contribution in [2.45, 2.75) is 52.4 Å². The fourth-order valence-corrected chi connectivity index (χ4v) is 14.8. The topological polar surface area (TPSA) is 35.9 Å². The molecule has 0 spiro atoms. The minimum absolute atomic E-state index is 0.0311. The van der Waals surface area contributed by atoms with Crippen molar-refractivity contribution < 1.29 is 36.7 Å². The van der Waals surface area contributed by atoms with Crippen molar-refractivity contribution >= 4 is 61.7 Å². The number of benzene rings is 10. The minimum Gasteiger partial charge on any atom is -0.457 e. The molecule has 0 aliphatic rings. The summed E-state index contributed by atoms with van der Waals surface area (Å²) in [5.74, 6) is 1.48. The monoisotopic (exact) mass is 1070 g/mol. The highest BCUT2D eigenvalue weighted by atomic mass is 28.3. The van der Waals surface area contributed by atoms with Gasteiger partial charge < -0.3 is 4.74 Å². The maximum Gasteiger partial charge on any atom is 0.255 e. The summed E-state index contributed by atoms with van der Waals surface area (Å²) in [4.78, 5) is 4.86. The van der Waals surface area contributed by atoms with E-state index >= 15 is 0 Å². The van der Waals surface area contributed by atoms with Gasteiger partial charge in [0.25, 0.3) is 6.33 Å². The molecular weight excluding hydrogens is 989 g/mol. The summed E-state index contributed by atoms with van der Waals surface area (Å²) in [6.07, 6.45) is 3.44. The number of rotatable bonds is 11. The number of fused-ring (bicyclic) bond motifs is 4. The molecule has 10 aromatic carbocycles. The quantitative estimate of drug-likeness (QED) is 0.0735. The van der Waals surface area contributed by atoms with Crippen molar-refractivity contribution in [1.29, 1.82) is 0 Å². The van der Waals surface area contributed by atoms with Crippen LogP contribution >= 0.6 is 0 Å². The number of ether oxygens (including phenoxy) is 1. The van der Waals surface area contributed by atoms with Crippen molar-refractivity contribution in [3.8, 4) is 50.9 Å². The summed E-state index contributed by atoms with van der Waals surface area (Å²) in [5, 5.41) is -0.300. The van der Waals surface area contributed by atoms with Gasteiger partial charge in [0.2, 0.25) is 0 Å². The lowest BCUT2D eigenvalue weighted by Gasteiger charge is -2.35. The van der Waals surface area contributed by atoms with E-state index in [4.69, 9.17) is 17.9 Å². The Morgan fingerprint density at radius 3 is 1.77 bits per heavy atom. The Morgan fingerprint density at radius 2 is 1.09 bits per heavy atom. The van der Waals surface area contributed by atoms with Crippen LogP contribution in [0.4, 0.5) is 0 Å². The van der Waals surface area contributed by atoms with Crippen molar-refractivity contribution in [2.24, 2.45) is 0 Å². The fraction of sp³-hybridized carbons (Fsp3) is 0.108. The third kappa shape index (κ3) is 8.92. The molecule has 0 N–H and O–H groups in total. The minimum atomic E-state index is -5.90. The van der Waals surface area contributed by atoms with Gasteiger partial charge in [0.05, 0.1) is 38.4 Å². The van der Waals surface area contributed by atoms with E-state index in [0.717, 1.165) is 32.9 Å². The highest BCUT2D eigenvalue weighted by Crippen LogP contribution is 2.38. The predicted octanol–water partition coefficient (Wildman–Crippen LogP) is 15.5. The maximum absolute atomic E-state index is 10.0. The van der Waals surface area contributed by atoms with Gasteiger partial charge in [0.1, 0.15) is 28.7 Å². The molecule has 0 atom stereocenters. The molecule has 0 unspecified atom stereocenters. The third-order valence-electron chi connectivity index (χ3n) is 14.7. The Morgan fingerprint density at radius 1 is 0.475 bits per heavy atom. The first-order chi connectivity index (χ1) is 47.2. The molecule has 0 amide bonds. The maximum atomic E-state index is 10.0. The fourth-order valence-electron chi connectivity index (χ4n) is 10.8. The molecule has 0 fully saturated rings. The molecule has 13 rings (SSSR count). The van der Waals surface area contributed by atoms with Crippen LogP contribution in [0.2, 0.25) is 0 Å². The van der Waals surface area contributed by atoms with Crippen LogP contribution in [0.25, 0.3) is 72.3 Å². The van der Waals surface area contributed by atoms with Crippen LogP contribution in [0.3, 0.4) is 0 Å². The second kappa shape index (κ2) is 20.1. The molecule has 3 heterocycles. The van der Waals surface area contributed by atoms with Gasteiger partial charge in [-0.25, -0.2) is 4.98 Å². The second-order valence-corrected chi connectivity index (χ2v) is 25.2. The molecule has 388 valence electrons. The highest BCUT2D eigenvalue weighted by molar-refractivity contribution is 7.20. The van der Waals surface area contributed by atoms with Crippen molar-refractivity contribution in [2.75, 3.05) is 0 Å². The summed E-state index contributed by atoms with van der Waals surface area (Å²) in [6.45, 7) is 12.4. The summed E-state index contributed by atoms with van der Waals surface area (Å²) in [6, 6.07) is 25.3. The number of imidazole rings is 1. The van der Waals surface area contributed by atoms with Gasteiger partial charge in [-0.15, -0.1) is 0 Å². The molecule has 0 aliphatic carbocycles. The van der Waals surface area contributed by atoms with Crippen molar-refractivity contribution in [3.63, 3.8) is 0 Å². The molecule has 5 nitrogen and oxygen atoms in total. The smallest absolute Gasteiger partial charge is 0.255 e. The first-order valence-electron chi connectivity index (χ1n) is 36.1. The van der Waals surface area contributed by atoms with Crippen LogP contribution < -0.4 is 30.1 Å². The van der Waals surface area contributed by atoms with Crippen LogP contribution in [0.15, 0.2) is 273 Å². The SMILES string of the molecule is [2H]c1c([2H])c([2H])c(-c2ccc3c(c2)n(-c2cccc(Oc4ccc5c6ccccc6n(-c6cc(C(C)(C)C)ccn6)c5c4)c2)c[n+]3-c2c(-c3cccc(C(C)(C)C)c3)cccc2[Si](c2c([2H])c([2H])c([2H])c([2H])c2[2H])(c2c([2H])c([2H])c([2H])c([2H])c2[2H])c2c([2H])c([2H])c([2H])c([2H])c2[2H])c([2H])c1[2H]. The highest BCUT2D eigenvalue weighted by Gasteiger charge is 2.45. The van der Waals surface area contributed by atoms with E-state index in [1.807, 2.05) is 81.4 Å². The van der Waals surface area contributed by atoms with Crippen LogP contribution in [0.5, 0.6) is 11.5 Å². The zero-order valence-electron chi connectivity index (χ0n) is 64.6. The lowest BCUT2D eigenvalue weighted by atomic mass is 9.85. The van der Waals surface area contributed by atoms with Gasteiger partial charge in [0.15, 0.2) is 19.1 Å². The number of hydrogen-bond acceptors (Lipinski definition) is 2. The zero-order valence-corrected chi connectivity index (χ0v) is 45.6. The molecule has 13 aromatic rings. The molecule has 0 saturated carbocycles. The van der Waals surface area contributed by atoms with E-state index < -0.39 is 150 Å². The molecule has 6 heteroatoms. The van der Waals surface area contributed by atoms with Crippen LogP contribution in [0, 0.1) is 0 Å². The van der Waals surface area contributed by atoms with Gasteiger partial charge in [-0.3, -0.25) is 4.57 Å². The number of pyridine rings is 1. The number of nitrogens with zero attached hydrogens (tertiary/aromatic N) is 4. The molecule has 0 radical (unpaired) electrons. The summed E-state index contributed by atoms with van der Waals surface area (Å²) in [7, 11) is -5.90. The van der Waals surface area contributed by atoms with Gasteiger partial charge >= 0.3 is 0 Å². The molecule has 0 aliphatic heterocycles. The Hall–Kier alpha value is -9.36. The average molecular weight is 1070 g/mol. The Kier molecular flexibility index (Phi) is 8.18. The Labute approximate surface area is 498 Å². The van der Waals surface area contributed by atoms with E-state index in [0.29, 0.717) is 34.1 Å². The Bertz CT molecular complexity index is 5380. The largest absolute Gasteiger partial charge is 0.457 e. The third-order valence-corrected chi connectivity index (χ3v) is 18.9. The van der Waals surface area contributed by atoms with E-state index in [2.05, 4.69) is 37.5 Å². The summed E-state index contributed by atoms with van der Waals surface area (Å²) < 4.78 is 200. The van der Waals surface area contributed by atoms with E-state index in [9.17, 15) is 19.2 Å². The van der Waals surface area contributed by atoms with Crippen molar-refractivity contribution in [1.82, 2.24) is 14.1 Å². The van der Waals surface area contributed by atoms with E-state index in [-0.39, 0.29) is 38.4 Å². The lowest BCUT2D eigenvalue weighted by molar-refractivity contribution is -0.566. The number of hydrogen-bond donors (Lipinski definition) is 0. The zero-order chi connectivity index (χ0) is 72.0. The van der Waals surface area contributed by atoms with Gasteiger partial charge in [-0.05, 0) is 115 Å². The molecule has 3 aromatic heterocycles. The van der Waals surface area contributed by atoms with Crippen LogP contribution in [-0.4, -0.2) is 22.2 Å². The first kappa shape index (κ1) is 32.5. The second-order valence-electron chi connectivity index (χ2n) is 21.6. The van der Waals surface area contributed by atoms with Gasteiger partial charge in [0, 0.05) is 39.9 Å². The summed E-state index contributed by atoms with van der Waals surface area (Å²) >= 11 is 0. The Balaban J connectivity index is 1.18. The van der Waals surface area contributed by atoms with E-state index in [1.165, 1.54) is 6.07 Å². The van der Waals surface area contributed by atoms with Crippen molar-refractivity contribution in [3.05, 3.63) is 284 Å². The van der Waals surface area contributed by atoms with Crippen LogP contribution in [-0.2, 0) is 10.8 Å². The molecule has 0 bridgehead atoms. The molecule has 0 saturated heterocycles. The normalized spacial score (nSPS) is 15.6. The first-order valence-corrected chi connectivity index (χ1v) is 28.1. The standard InChI is InChI=1S/C74H63N4OSi/c1-73(2,3)55-27-21-26-54(46-55)63-37-23-39-70(80(60-30-13-8-14-31-60,61-32-15-9-16-33-61)62-34-17-10-18-35-62)72(63)77-51-76(69-47-53(40-43-67(69)77)52-24-11-7-12-25-52)57-28-22-29-58(49-57)79-59-41-42-65-64-36-19-20-38-66(64)78(68(65)50-59)71-48-56(44-45-75-71)74(4,5)6/h7-51H,1-6H3/q+1/i7D,8D,9D,10D,11D,12D,13D,14D,15D,16D,17D,18D,24D,25D,30D,31D,32D,33D,34D,35D. The lowest BCUT2D eigenvalue weighted by Crippen LogP contribution is -2.76.